The number of rotatable bonds is 5. The van der Waals surface area contributed by atoms with E-state index in [1.807, 2.05) is 0 Å². The Bertz CT molecular complexity index is 406. The highest BCUT2D eigenvalue weighted by molar-refractivity contribution is 5.69. The van der Waals surface area contributed by atoms with Crippen LogP contribution in [0.25, 0.3) is 0 Å². The molecule has 8 heteroatoms. The highest BCUT2D eigenvalue weighted by Crippen LogP contribution is 2.26. The molecule has 5 nitrogen and oxygen atoms in total. The molecule has 0 aliphatic carbocycles. The van der Waals surface area contributed by atoms with Crippen molar-refractivity contribution in [3.05, 3.63) is 17.8 Å². The van der Waals surface area contributed by atoms with Gasteiger partial charge in [-0.1, -0.05) is 6.92 Å². The lowest BCUT2D eigenvalue weighted by Crippen LogP contribution is -2.15. The number of carboxylic acid groups (broad SMARTS) is 1. The number of anilines is 1. The smallest absolute Gasteiger partial charge is 0.435 e. The molecule has 1 atom stereocenters. The Labute approximate surface area is 101 Å². The molecule has 0 saturated heterocycles. The zero-order valence-corrected chi connectivity index (χ0v) is 9.53. The van der Waals surface area contributed by atoms with Gasteiger partial charge in [0.1, 0.15) is 5.82 Å². The summed E-state index contributed by atoms with van der Waals surface area (Å²) in [4.78, 5) is 10.5. The topological polar surface area (TPSA) is 75.1 Å². The number of carboxylic acids is 1. The van der Waals surface area contributed by atoms with Crippen molar-refractivity contribution in [3.63, 3.8) is 0 Å². The quantitative estimate of drug-likeness (QED) is 0.850. The number of nitrogens with one attached hydrogen (secondary N) is 1. The van der Waals surface area contributed by atoms with Crippen molar-refractivity contribution in [3.8, 4) is 0 Å². The van der Waals surface area contributed by atoms with Crippen LogP contribution in [-0.4, -0.2) is 27.8 Å². The molecular formula is C10H12F3N3O2. The SMILES string of the molecule is CC(CCNc1ccc(C(F)(F)F)nn1)C(=O)O. The maximum atomic E-state index is 12.2. The van der Waals surface area contributed by atoms with Gasteiger partial charge in [-0.05, 0) is 18.6 Å². The molecule has 18 heavy (non-hydrogen) atoms. The molecule has 0 aliphatic heterocycles. The second-order valence-electron chi connectivity index (χ2n) is 3.76. The molecule has 0 spiro atoms. The summed E-state index contributed by atoms with van der Waals surface area (Å²) in [5.74, 6) is -1.27. The average Bonchev–Trinajstić information content (AvgIpc) is 2.28. The third-order valence-electron chi connectivity index (χ3n) is 2.26. The lowest BCUT2D eigenvalue weighted by molar-refractivity contribution is -0.142. The molecule has 0 aliphatic rings. The van der Waals surface area contributed by atoms with Gasteiger partial charge in [0.2, 0.25) is 0 Å². The van der Waals surface area contributed by atoms with E-state index in [1.54, 1.807) is 6.92 Å². The summed E-state index contributed by atoms with van der Waals surface area (Å²) in [6, 6.07) is 1.97. The van der Waals surface area contributed by atoms with Crippen LogP contribution in [0.15, 0.2) is 12.1 Å². The fourth-order valence-electron chi connectivity index (χ4n) is 1.12. The first kappa shape index (κ1) is 14.2. The van der Waals surface area contributed by atoms with Gasteiger partial charge in [-0.25, -0.2) is 0 Å². The van der Waals surface area contributed by atoms with Crippen molar-refractivity contribution in [1.82, 2.24) is 10.2 Å². The van der Waals surface area contributed by atoms with Crippen LogP contribution >= 0.6 is 0 Å². The minimum absolute atomic E-state index is 0.181. The van der Waals surface area contributed by atoms with Crippen molar-refractivity contribution in [2.45, 2.75) is 19.5 Å². The predicted octanol–water partition coefficient (Wildman–Crippen LogP) is 2.02. The second kappa shape index (κ2) is 5.65. The van der Waals surface area contributed by atoms with Gasteiger partial charge in [0.25, 0.3) is 0 Å². The third-order valence-corrected chi connectivity index (χ3v) is 2.26. The normalized spacial score (nSPS) is 13.1. The van der Waals surface area contributed by atoms with E-state index in [0.717, 1.165) is 12.1 Å². The maximum absolute atomic E-state index is 12.2. The number of hydrogen-bond acceptors (Lipinski definition) is 4. The number of aromatic nitrogens is 2. The van der Waals surface area contributed by atoms with E-state index in [2.05, 4.69) is 15.5 Å². The van der Waals surface area contributed by atoms with Crippen molar-refractivity contribution < 1.29 is 23.1 Å². The van der Waals surface area contributed by atoms with Crippen LogP contribution < -0.4 is 5.32 Å². The first-order chi connectivity index (χ1) is 8.30. The molecule has 2 N–H and O–H groups in total. The van der Waals surface area contributed by atoms with Crippen molar-refractivity contribution in [2.24, 2.45) is 5.92 Å². The Hall–Kier alpha value is -1.86. The van der Waals surface area contributed by atoms with Crippen LogP contribution in [0.5, 0.6) is 0 Å². The van der Waals surface area contributed by atoms with E-state index in [1.165, 1.54) is 0 Å². The third kappa shape index (κ3) is 4.19. The summed E-state index contributed by atoms with van der Waals surface area (Å²) in [6.07, 6.45) is -4.17. The molecule has 0 aromatic carbocycles. The summed E-state index contributed by atoms with van der Waals surface area (Å²) in [5.41, 5.74) is -1.06. The van der Waals surface area contributed by atoms with Gasteiger partial charge in [-0.3, -0.25) is 4.79 Å². The summed E-state index contributed by atoms with van der Waals surface area (Å²) >= 11 is 0. The fourth-order valence-corrected chi connectivity index (χ4v) is 1.12. The Morgan fingerprint density at radius 1 is 1.44 bits per heavy atom. The van der Waals surface area contributed by atoms with E-state index >= 15 is 0 Å². The largest absolute Gasteiger partial charge is 0.481 e. The Morgan fingerprint density at radius 3 is 2.56 bits per heavy atom. The number of hydrogen-bond donors (Lipinski definition) is 2. The van der Waals surface area contributed by atoms with Crippen molar-refractivity contribution >= 4 is 11.8 Å². The molecule has 0 saturated carbocycles. The van der Waals surface area contributed by atoms with Gasteiger partial charge < -0.3 is 10.4 Å². The Morgan fingerprint density at radius 2 is 2.11 bits per heavy atom. The zero-order valence-electron chi connectivity index (χ0n) is 9.53. The number of alkyl halides is 3. The molecule has 0 fully saturated rings. The second-order valence-corrected chi connectivity index (χ2v) is 3.76. The van der Waals surface area contributed by atoms with Gasteiger partial charge in [-0.15, -0.1) is 10.2 Å². The van der Waals surface area contributed by atoms with E-state index in [9.17, 15) is 18.0 Å². The number of halogens is 3. The highest BCUT2D eigenvalue weighted by Gasteiger charge is 2.32. The minimum Gasteiger partial charge on any atom is -0.481 e. The van der Waals surface area contributed by atoms with Gasteiger partial charge in [0.15, 0.2) is 5.69 Å². The Balaban J connectivity index is 2.47. The zero-order chi connectivity index (χ0) is 13.8. The molecule has 1 heterocycles. The lowest BCUT2D eigenvalue weighted by atomic mass is 10.1. The monoisotopic (exact) mass is 263 g/mol. The van der Waals surface area contributed by atoms with Crippen LogP contribution in [0, 0.1) is 5.92 Å². The predicted molar refractivity (Wildman–Crippen MR) is 56.9 cm³/mol. The number of carbonyl (C=O) groups is 1. The maximum Gasteiger partial charge on any atom is 0.435 e. The first-order valence-electron chi connectivity index (χ1n) is 5.18. The van der Waals surface area contributed by atoms with Crippen molar-refractivity contribution in [1.29, 1.82) is 0 Å². The summed E-state index contributed by atoms with van der Waals surface area (Å²) < 4.78 is 36.5. The van der Waals surface area contributed by atoms with Crippen LogP contribution in [-0.2, 0) is 11.0 Å². The standard InChI is InChI=1S/C10H12F3N3O2/c1-6(9(17)18)4-5-14-8-3-2-7(15-16-8)10(11,12)13/h2-3,6H,4-5H2,1H3,(H,14,16)(H,17,18). The van der Waals surface area contributed by atoms with Gasteiger partial charge in [0.05, 0.1) is 5.92 Å². The molecule has 1 aromatic heterocycles. The lowest BCUT2D eigenvalue weighted by Gasteiger charge is -2.09. The molecule has 1 unspecified atom stereocenters. The molecule has 0 amide bonds. The Kier molecular flexibility index (Phi) is 4.46. The van der Waals surface area contributed by atoms with Gasteiger partial charge in [0, 0.05) is 6.54 Å². The minimum atomic E-state index is -4.51. The van der Waals surface area contributed by atoms with Crippen LogP contribution in [0.2, 0.25) is 0 Å². The fraction of sp³-hybridized carbons (Fsp3) is 0.500. The highest BCUT2D eigenvalue weighted by atomic mass is 19.4. The molecule has 1 rings (SSSR count). The molecule has 0 radical (unpaired) electrons. The van der Waals surface area contributed by atoms with Crippen molar-refractivity contribution in [2.75, 3.05) is 11.9 Å². The van der Waals surface area contributed by atoms with Crippen LogP contribution in [0.3, 0.4) is 0 Å². The van der Waals surface area contributed by atoms with E-state index < -0.39 is 23.8 Å². The number of aliphatic carboxylic acids is 1. The summed E-state index contributed by atoms with van der Waals surface area (Å²) in [6.45, 7) is 1.84. The average molecular weight is 263 g/mol. The molecule has 1 aromatic rings. The first-order valence-corrected chi connectivity index (χ1v) is 5.18. The van der Waals surface area contributed by atoms with Gasteiger partial charge in [-0.2, -0.15) is 13.2 Å². The molecule has 0 bridgehead atoms. The molecular weight excluding hydrogens is 251 g/mol. The van der Waals surface area contributed by atoms with Gasteiger partial charge >= 0.3 is 12.1 Å². The van der Waals surface area contributed by atoms with Crippen LogP contribution in [0.4, 0.5) is 19.0 Å². The summed E-state index contributed by atoms with van der Waals surface area (Å²) in [7, 11) is 0. The summed E-state index contributed by atoms with van der Waals surface area (Å²) in [5, 5.41) is 17.7. The van der Waals surface area contributed by atoms with Crippen LogP contribution in [0.1, 0.15) is 19.0 Å². The van der Waals surface area contributed by atoms with E-state index in [4.69, 9.17) is 5.11 Å². The van der Waals surface area contributed by atoms with E-state index in [0.29, 0.717) is 13.0 Å². The molecule has 100 valence electrons. The van der Waals surface area contributed by atoms with E-state index in [-0.39, 0.29) is 5.82 Å². The number of nitrogens with zero attached hydrogens (tertiary/aromatic N) is 2.